The van der Waals surface area contributed by atoms with Gasteiger partial charge < -0.3 is 5.32 Å². The molecule has 3 rings (SSSR count). The van der Waals surface area contributed by atoms with Gasteiger partial charge in [0, 0.05) is 11.6 Å². The molecule has 0 unspecified atom stereocenters. The van der Waals surface area contributed by atoms with Crippen LogP contribution in [-0.4, -0.2) is 31.4 Å². The second-order valence-corrected chi connectivity index (χ2v) is 5.29. The monoisotopic (exact) mass is 298 g/mol. The van der Waals surface area contributed by atoms with E-state index in [0.717, 1.165) is 15.5 Å². The molecule has 9 heteroatoms. The Bertz CT molecular complexity index is 680. The Kier molecular flexibility index (Phi) is 3.06. The average molecular weight is 299 g/mol. The Morgan fingerprint density at radius 3 is 3.06 bits per heavy atom. The van der Waals surface area contributed by atoms with Crippen LogP contribution in [0.5, 0.6) is 0 Å². The lowest BCUT2D eigenvalue weighted by Gasteiger charge is -2.04. The molecule has 2 N–H and O–H groups in total. The maximum absolute atomic E-state index is 5.88. The summed E-state index contributed by atoms with van der Waals surface area (Å²) in [6.45, 7) is 0. The fourth-order valence-corrected chi connectivity index (χ4v) is 2.73. The number of nitrogens with zero attached hydrogens (tertiary/aromatic N) is 4. The van der Waals surface area contributed by atoms with Crippen molar-refractivity contribution >= 4 is 56.7 Å². The van der Waals surface area contributed by atoms with Gasteiger partial charge in [-0.1, -0.05) is 0 Å². The molecule has 0 saturated carbocycles. The summed E-state index contributed by atoms with van der Waals surface area (Å²) in [5.74, 6) is 0.609. The van der Waals surface area contributed by atoms with Gasteiger partial charge in [0.15, 0.2) is 10.8 Å². The highest BCUT2D eigenvalue weighted by Crippen LogP contribution is 2.31. The number of fused-ring (bicyclic) bond motifs is 1. The number of aromatic amines is 1. The van der Waals surface area contributed by atoms with Gasteiger partial charge in [-0.15, -0.1) is 23.1 Å². The second kappa shape index (κ2) is 4.71. The van der Waals surface area contributed by atoms with Crippen molar-refractivity contribution < 1.29 is 0 Å². The standard InChI is InChI=1S/C9H7ClN6S2/c1-17-7-4-5(14-9-11-2-3-18-9)12-8(10)13-6(4)15-16-7/h2-3H,1H3,(H2,11,12,13,14,15,16). The molecule has 0 amide bonds. The van der Waals surface area contributed by atoms with Crippen molar-refractivity contribution in [3.05, 3.63) is 16.9 Å². The fourth-order valence-electron chi connectivity index (χ4n) is 1.50. The van der Waals surface area contributed by atoms with Crippen molar-refractivity contribution in [3.63, 3.8) is 0 Å². The maximum atomic E-state index is 5.88. The highest BCUT2D eigenvalue weighted by Gasteiger charge is 2.14. The van der Waals surface area contributed by atoms with Crippen molar-refractivity contribution in [3.8, 4) is 0 Å². The lowest BCUT2D eigenvalue weighted by Crippen LogP contribution is -1.96. The first-order chi connectivity index (χ1) is 8.78. The quantitative estimate of drug-likeness (QED) is 0.572. The van der Waals surface area contributed by atoms with E-state index in [2.05, 4.69) is 30.5 Å². The zero-order valence-corrected chi connectivity index (χ0v) is 11.5. The molecule has 0 spiro atoms. The number of hydrogen-bond donors (Lipinski definition) is 2. The van der Waals surface area contributed by atoms with E-state index in [1.54, 1.807) is 6.20 Å². The summed E-state index contributed by atoms with van der Waals surface area (Å²) in [4.78, 5) is 12.4. The first-order valence-electron chi connectivity index (χ1n) is 4.90. The molecule has 0 bridgehead atoms. The van der Waals surface area contributed by atoms with Crippen molar-refractivity contribution in [2.24, 2.45) is 0 Å². The molecule has 3 aromatic heterocycles. The number of thiazole rings is 1. The predicted octanol–water partition coefficient (Wildman–Crippen LogP) is 2.93. The molecule has 0 saturated heterocycles. The van der Waals surface area contributed by atoms with Gasteiger partial charge in [-0.05, 0) is 17.9 Å². The molecule has 0 aliphatic heterocycles. The highest BCUT2D eigenvalue weighted by atomic mass is 35.5. The van der Waals surface area contributed by atoms with Crippen LogP contribution in [-0.2, 0) is 0 Å². The molecule has 3 heterocycles. The number of anilines is 2. The second-order valence-electron chi connectivity index (χ2n) is 3.26. The lowest BCUT2D eigenvalue weighted by molar-refractivity contribution is 1.02. The van der Waals surface area contributed by atoms with Crippen LogP contribution >= 0.6 is 34.7 Å². The Morgan fingerprint density at radius 2 is 2.33 bits per heavy atom. The smallest absolute Gasteiger partial charge is 0.226 e. The van der Waals surface area contributed by atoms with Crippen molar-refractivity contribution in [2.45, 2.75) is 5.03 Å². The number of nitrogens with one attached hydrogen (secondary N) is 2. The largest absolute Gasteiger partial charge is 0.315 e. The summed E-state index contributed by atoms with van der Waals surface area (Å²) in [6, 6.07) is 0. The number of rotatable bonds is 3. The van der Waals surface area contributed by atoms with Crippen molar-refractivity contribution in [1.29, 1.82) is 0 Å². The van der Waals surface area contributed by atoms with E-state index in [4.69, 9.17) is 11.6 Å². The number of H-pyrrole nitrogens is 1. The average Bonchev–Trinajstić information content (AvgIpc) is 2.97. The Hall–Kier alpha value is -1.38. The zero-order chi connectivity index (χ0) is 12.5. The summed E-state index contributed by atoms with van der Waals surface area (Å²) in [5, 5.41) is 14.6. The van der Waals surface area contributed by atoms with E-state index in [-0.39, 0.29) is 5.28 Å². The molecule has 6 nitrogen and oxygen atoms in total. The minimum absolute atomic E-state index is 0.165. The summed E-state index contributed by atoms with van der Waals surface area (Å²) < 4.78 is 0. The zero-order valence-electron chi connectivity index (χ0n) is 9.14. The van der Waals surface area contributed by atoms with Crippen LogP contribution in [0, 0.1) is 0 Å². The molecule has 0 atom stereocenters. The van der Waals surface area contributed by atoms with Gasteiger partial charge in [0.05, 0.1) is 5.39 Å². The Balaban J connectivity index is 2.16. The van der Waals surface area contributed by atoms with E-state index < -0.39 is 0 Å². The van der Waals surface area contributed by atoms with Gasteiger partial charge in [0.25, 0.3) is 0 Å². The maximum Gasteiger partial charge on any atom is 0.226 e. The minimum atomic E-state index is 0.165. The third-order valence-corrected chi connectivity index (χ3v) is 3.75. The van der Waals surface area contributed by atoms with Crippen LogP contribution in [0.2, 0.25) is 5.28 Å². The summed E-state index contributed by atoms with van der Waals surface area (Å²) in [5.41, 5.74) is 0.610. The molecule has 0 aliphatic rings. The number of hydrogen-bond acceptors (Lipinski definition) is 7. The SMILES string of the molecule is CSc1n[nH]c2nc(Cl)nc(Nc3nccs3)c12. The number of thioether (sulfide) groups is 1. The van der Waals surface area contributed by atoms with E-state index in [1.807, 2.05) is 11.6 Å². The van der Waals surface area contributed by atoms with Gasteiger partial charge in [-0.25, -0.2) is 4.98 Å². The molecule has 0 aromatic carbocycles. The van der Waals surface area contributed by atoms with E-state index in [0.29, 0.717) is 11.5 Å². The van der Waals surface area contributed by atoms with Crippen LogP contribution in [0.3, 0.4) is 0 Å². The summed E-state index contributed by atoms with van der Waals surface area (Å²) in [6.07, 6.45) is 3.66. The van der Waals surface area contributed by atoms with Crippen molar-refractivity contribution in [2.75, 3.05) is 11.6 Å². The van der Waals surface area contributed by atoms with Gasteiger partial charge >= 0.3 is 0 Å². The third kappa shape index (κ3) is 2.02. The summed E-state index contributed by atoms with van der Waals surface area (Å²) in [7, 11) is 0. The van der Waals surface area contributed by atoms with E-state index in [9.17, 15) is 0 Å². The number of aromatic nitrogens is 5. The van der Waals surface area contributed by atoms with Crippen LogP contribution in [0.1, 0.15) is 0 Å². The Morgan fingerprint density at radius 1 is 1.44 bits per heavy atom. The Labute approximate surface area is 115 Å². The highest BCUT2D eigenvalue weighted by molar-refractivity contribution is 7.98. The van der Waals surface area contributed by atoms with Crippen LogP contribution in [0.15, 0.2) is 16.6 Å². The third-order valence-electron chi connectivity index (χ3n) is 2.21. The predicted molar refractivity (Wildman–Crippen MR) is 73.9 cm³/mol. The van der Waals surface area contributed by atoms with Gasteiger partial charge in [-0.2, -0.15) is 15.1 Å². The minimum Gasteiger partial charge on any atom is -0.315 e. The molecule has 0 radical (unpaired) electrons. The lowest BCUT2D eigenvalue weighted by atomic mass is 10.4. The van der Waals surface area contributed by atoms with E-state index in [1.165, 1.54) is 23.1 Å². The molecular weight excluding hydrogens is 292 g/mol. The van der Waals surface area contributed by atoms with Crippen LogP contribution in [0.25, 0.3) is 11.0 Å². The molecule has 92 valence electrons. The topological polar surface area (TPSA) is 79.4 Å². The van der Waals surface area contributed by atoms with E-state index >= 15 is 0 Å². The van der Waals surface area contributed by atoms with Crippen molar-refractivity contribution in [1.82, 2.24) is 25.1 Å². The first kappa shape index (κ1) is 11.7. The van der Waals surface area contributed by atoms with Gasteiger partial charge in [0.1, 0.15) is 10.8 Å². The van der Waals surface area contributed by atoms with Gasteiger partial charge in [-0.3, -0.25) is 5.10 Å². The first-order valence-corrected chi connectivity index (χ1v) is 7.38. The summed E-state index contributed by atoms with van der Waals surface area (Å²) >= 11 is 8.88. The molecule has 3 aromatic rings. The van der Waals surface area contributed by atoms with Crippen LogP contribution < -0.4 is 5.32 Å². The normalized spacial score (nSPS) is 11.0. The fraction of sp³-hybridized carbons (Fsp3) is 0.111. The number of halogens is 1. The molecule has 0 fully saturated rings. The van der Waals surface area contributed by atoms with Crippen LogP contribution in [0.4, 0.5) is 10.9 Å². The molecule has 18 heavy (non-hydrogen) atoms. The van der Waals surface area contributed by atoms with Gasteiger partial charge in [0.2, 0.25) is 5.28 Å². The molecule has 0 aliphatic carbocycles. The molecular formula is C9H7ClN6S2.